The molecule has 25 heavy (non-hydrogen) atoms. The number of aromatic nitrogens is 2. The Hall–Kier alpha value is -2.23. The molecule has 1 aromatic heterocycles. The molecule has 0 aliphatic carbocycles. The number of benzene rings is 1. The maximum Gasteiger partial charge on any atom is 0.410 e. The largest absolute Gasteiger partial charge is 0.497 e. The molecule has 134 valence electrons. The molecule has 2 heterocycles. The molecule has 3 rings (SSSR count). The van der Waals surface area contributed by atoms with Crippen molar-refractivity contribution in [3.05, 3.63) is 40.0 Å². The van der Waals surface area contributed by atoms with Crippen molar-refractivity contribution in [2.24, 2.45) is 0 Å². The van der Waals surface area contributed by atoms with E-state index in [2.05, 4.69) is 26.3 Å². The van der Waals surface area contributed by atoms with Crippen LogP contribution in [0.2, 0.25) is 0 Å². The predicted octanol–water partition coefficient (Wildman–Crippen LogP) is 4.01. The zero-order chi connectivity index (χ0) is 18.4. The molecule has 0 bridgehead atoms. The fourth-order valence-electron chi connectivity index (χ4n) is 2.78. The summed E-state index contributed by atoms with van der Waals surface area (Å²) in [7, 11) is 1.50. The SMILES string of the molecule is COc1ccc([C@@H]2C[C@H](C(F)(F)F)n3nc(C(=O)O)c(Br)c3N2)cc1. The molecule has 2 N–H and O–H groups in total. The molecule has 0 saturated carbocycles. The van der Waals surface area contributed by atoms with Gasteiger partial charge in [-0.1, -0.05) is 12.1 Å². The number of fused-ring (bicyclic) bond motifs is 1. The highest BCUT2D eigenvalue weighted by Crippen LogP contribution is 2.46. The van der Waals surface area contributed by atoms with Gasteiger partial charge in [-0.25, -0.2) is 9.48 Å². The number of nitrogens with zero attached hydrogens (tertiary/aromatic N) is 2. The molecule has 1 aromatic carbocycles. The molecule has 0 spiro atoms. The molecule has 2 atom stereocenters. The monoisotopic (exact) mass is 419 g/mol. The van der Waals surface area contributed by atoms with Crippen molar-refractivity contribution in [1.29, 1.82) is 0 Å². The lowest BCUT2D eigenvalue weighted by Gasteiger charge is -2.33. The third kappa shape index (κ3) is 3.17. The third-order valence-electron chi connectivity index (χ3n) is 4.02. The summed E-state index contributed by atoms with van der Waals surface area (Å²) in [5.41, 5.74) is 0.165. The van der Waals surface area contributed by atoms with Crippen LogP contribution in [0.1, 0.15) is 34.6 Å². The first-order chi connectivity index (χ1) is 11.7. The lowest BCUT2D eigenvalue weighted by atomic mass is 9.97. The summed E-state index contributed by atoms with van der Waals surface area (Å²) in [5.74, 6) is -0.824. The van der Waals surface area contributed by atoms with E-state index in [1.165, 1.54) is 7.11 Å². The summed E-state index contributed by atoms with van der Waals surface area (Å²) < 4.78 is 46.2. The average molecular weight is 420 g/mol. The van der Waals surface area contributed by atoms with Crippen molar-refractivity contribution < 1.29 is 27.8 Å². The van der Waals surface area contributed by atoms with Crippen LogP contribution >= 0.6 is 15.9 Å². The van der Waals surface area contributed by atoms with Gasteiger partial charge in [0.2, 0.25) is 0 Å². The number of alkyl halides is 3. The minimum absolute atomic E-state index is 0.00698. The molecular formula is C15H13BrF3N3O3. The number of anilines is 1. The van der Waals surface area contributed by atoms with Gasteiger partial charge >= 0.3 is 12.1 Å². The van der Waals surface area contributed by atoms with E-state index < -0.39 is 29.9 Å². The highest BCUT2D eigenvalue weighted by atomic mass is 79.9. The number of rotatable bonds is 3. The first-order valence-electron chi connectivity index (χ1n) is 7.21. The summed E-state index contributed by atoms with van der Waals surface area (Å²) in [6.45, 7) is 0. The zero-order valence-corrected chi connectivity index (χ0v) is 14.4. The number of carbonyl (C=O) groups is 1. The predicted molar refractivity (Wildman–Crippen MR) is 86.0 cm³/mol. The number of halogens is 4. The second kappa shape index (κ2) is 6.25. The highest BCUT2D eigenvalue weighted by molar-refractivity contribution is 9.10. The van der Waals surface area contributed by atoms with Gasteiger partial charge in [-0.15, -0.1) is 0 Å². The molecule has 0 unspecified atom stereocenters. The van der Waals surface area contributed by atoms with Gasteiger partial charge in [0.25, 0.3) is 0 Å². The summed E-state index contributed by atoms with van der Waals surface area (Å²) in [4.78, 5) is 11.2. The van der Waals surface area contributed by atoms with Gasteiger partial charge < -0.3 is 15.2 Å². The minimum Gasteiger partial charge on any atom is -0.497 e. The lowest BCUT2D eigenvalue weighted by Crippen LogP contribution is -2.35. The Morgan fingerprint density at radius 2 is 2.04 bits per heavy atom. The van der Waals surface area contributed by atoms with Gasteiger partial charge in [0.15, 0.2) is 11.7 Å². The van der Waals surface area contributed by atoms with Gasteiger partial charge in [-0.05, 0) is 33.6 Å². The Morgan fingerprint density at radius 1 is 1.40 bits per heavy atom. The third-order valence-corrected chi connectivity index (χ3v) is 4.77. The standard InChI is InChI=1S/C15H13BrF3N3O3/c1-25-8-4-2-7(3-5-8)9-6-10(15(17,18)19)22-13(20-9)11(16)12(21-22)14(23)24/h2-5,9-10,20H,6H2,1H3,(H,23,24)/t9-,10+/m0/s1. The van der Waals surface area contributed by atoms with Crippen molar-refractivity contribution in [3.63, 3.8) is 0 Å². The second-order valence-corrected chi connectivity index (χ2v) is 6.32. The number of nitrogens with one attached hydrogen (secondary N) is 1. The molecule has 6 nitrogen and oxygen atoms in total. The van der Waals surface area contributed by atoms with Crippen LogP contribution in [0.5, 0.6) is 5.75 Å². The van der Waals surface area contributed by atoms with Gasteiger partial charge in [0, 0.05) is 6.42 Å². The van der Waals surface area contributed by atoms with E-state index in [1.54, 1.807) is 24.3 Å². The molecular weight excluding hydrogens is 407 g/mol. The zero-order valence-electron chi connectivity index (χ0n) is 12.8. The van der Waals surface area contributed by atoms with E-state index >= 15 is 0 Å². The summed E-state index contributed by atoms with van der Waals surface area (Å²) in [6.07, 6.45) is -4.88. The van der Waals surface area contributed by atoms with Crippen molar-refractivity contribution in [1.82, 2.24) is 9.78 Å². The van der Waals surface area contributed by atoms with Gasteiger partial charge in [-0.2, -0.15) is 18.3 Å². The van der Waals surface area contributed by atoms with E-state index in [9.17, 15) is 18.0 Å². The first-order valence-corrected chi connectivity index (χ1v) is 8.00. The van der Waals surface area contributed by atoms with Crippen LogP contribution in [0.15, 0.2) is 28.7 Å². The Kier molecular flexibility index (Phi) is 4.40. The van der Waals surface area contributed by atoms with Gasteiger partial charge in [0.05, 0.1) is 17.6 Å². The van der Waals surface area contributed by atoms with Gasteiger partial charge in [0.1, 0.15) is 11.6 Å². The fourth-order valence-corrected chi connectivity index (χ4v) is 3.33. The fraction of sp³-hybridized carbons (Fsp3) is 0.333. The number of aromatic carboxylic acids is 1. The Labute approximate surface area is 148 Å². The van der Waals surface area contributed by atoms with Crippen molar-refractivity contribution in [2.75, 3.05) is 12.4 Å². The molecule has 0 amide bonds. The van der Waals surface area contributed by atoms with E-state index in [-0.39, 0.29) is 16.7 Å². The molecule has 1 aliphatic rings. The van der Waals surface area contributed by atoms with E-state index in [4.69, 9.17) is 9.84 Å². The van der Waals surface area contributed by atoms with Crippen LogP contribution in [-0.2, 0) is 0 Å². The number of ether oxygens (including phenoxy) is 1. The number of carboxylic acid groups (broad SMARTS) is 1. The lowest BCUT2D eigenvalue weighted by molar-refractivity contribution is -0.173. The maximum absolute atomic E-state index is 13.5. The molecule has 1 aliphatic heterocycles. The van der Waals surface area contributed by atoms with E-state index in [1.807, 2.05) is 0 Å². The Balaban J connectivity index is 2.04. The van der Waals surface area contributed by atoms with Crippen LogP contribution in [0.3, 0.4) is 0 Å². The summed E-state index contributed by atoms with van der Waals surface area (Å²) in [6, 6.07) is 4.07. The first kappa shape index (κ1) is 17.6. The smallest absolute Gasteiger partial charge is 0.410 e. The van der Waals surface area contributed by atoms with Crippen LogP contribution in [-0.4, -0.2) is 34.1 Å². The topological polar surface area (TPSA) is 76.4 Å². The highest BCUT2D eigenvalue weighted by Gasteiger charge is 2.47. The van der Waals surface area contributed by atoms with Gasteiger partial charge in [-0.3, -0.25) is 0 Å². The van der Waals surface area contributed by atoms with Crippen molar-refractivity contribution in [2.45, 2.75) is 24.7 Å². The van der Waals surface area contributed by atoms with E-state index in [0.717, 1.165) is 0 Å². The molecule has 0 saturated heterocycles. The van der Waals surface area contributed by atoms with Crippen LogP contribution in [0, 0.1) is 0 Å². The summed E-state index contributed by atoms with van der Waals surface area (Å²) in [5, 5.41) is 15.7. The number of hydrogen-bond donors (Lipinski definition) is 2. The number of carboxylic acids is 1. The minimum atomic E-state index is -4.57. The van der Waals surface area contributed by atoms with Crippen LogP contribution in [0.4, 0.5) is 19.0 Å². The molecule has 10 heteroatoms. The Bertz CT molecular complexity index is 805. The number of hydrogen-bond acceptors (Lipinski definition) is 4. The molecule has 0 radical (unpaired) electrons. The second-order valence-electron chi connectivity index (χ2n) is 5.52. The quantitative estimate of drug-likeness (QED) is 0.785. The van der Waals surface area contributed by atoms with Crippen LogP contribution < -0.4 is 10.1 Å². The van der Waals surface area contributed by atoms with Crippen LogP contribution in [0.25, 0.3) is 0 Å². The molecule has 2 aromatic rings. The molecule has 0 fully saturated rings. The number of methoxy groups -OCH3 is 1. The van der Waals surface area contributed by atoms with Crippen molar-refractivity contribution >= 4 is 27.7 Å². The van der Waals surface area contributed by atoms with E-state index in [0.29, 0.717) is 16.0 Å². The summed E-state index contributed by atoms with van der Waals surface area (Å²) >= 11 is 3.04. The van der Waals surface area contributed by atoms with Crippen molar-refractivity contribution in [3.8, 4) is 5.75 Å². The normalized spacial score (nSPS) is 19.9. The maximum atomic E-state index is 13.5. The Morgan fingerprint density at radius 3 is 2.56 bits per heavy atom. The average Bonchev–Trinajstić information content (AvgIpc) is 2.90.